The Bertz CT molecular complexity index is 1120. The Morgan fingerprint density at radius 2 is 1.94 bits per heavy atom. The molecule has 8 heteroatoms. The number of amides is 3. The van der Waals surface area contributed by atoms with E-state index < -0.39 is 11.6 Å². The number of anilines is 2. The number of halogens is 2. The van der Waals surface area contributed by atoms with Crippen LogP contribution in [0.15, 0.2) is 53.9 Å². The van der Waals surface area contributed by atoms with Gasteiger partial charge in [0.15, 0.2) is 11.6 Å². The fraction of sp³-hybridized carbons (Fsp3) is 0.217. The zero-order chi connectivity index (χ0) is 22.0. The molecule has 0 radical (unpaired) electrons. The van der Waals surface area contributed by atoms with Crippen LogP contribution in [0, 0.1) is 18.6 Å². The molecule has 5 nitrogen and oxygen atoms in total. The maximum absolute atomic E-state index is 13.6. The van der Waals surface area contributed by atoms with Crippen molar-refractivity contribution in [3.8, 4) is 0 Å². The minimum atomic E-state index is -0.934. The standard InChI is InChI=1S/C23H21F2N3O2S/c1-15-5-8-20(19(12-15)26-22(29)21-4-2-11-31-21)28-10-3-9-27(23(28)30)14-16-6-7-17(24)18(25)13-16/h2,4-8,11-13H,3,9-10,14H2,1H3,(H,26,29). The van der Waals surface area contributed by atoms with Crippen molar-refractivity contribution in [3.05, 3.63) is 81.5 Å². The number of hydrogen-bond acceptors (Lipinski definition) is 3. The molecule has 1 aliphatic rings. The summed E-state index contributed by atoms with van der Waals surface area (Å²) in [7, 11) is 0. The second-order valence-corrected chi connectivity index (χ2v) is 8.36. The van der Waals surface area contributed by atoms with E-state index in [1.807, 2.05) is 30.5 Å². The van der Waals surface area contributed by atoms with E-state index >= 15 is 0 Å². The molecule has 2 heterocycles. The van der Waals surface area contributed by atoms with Gasteiger partial charge < -0.3 is 10.2 Å². The predicted octanol–water partition coefficient (Wildman–Crippen LogP) is 5.42. The fourth-order valence-electron chi connectivity index (χ4n) is 3.59. The van der Waals surface area contributed by atoms with Crippen LogP contribution in [0.3, 0.4) is 0 Å². The molecule has 0 aliphatic carbocycles. The SMILES string of the molecule is Cc1ccc(N2CCCN(Cc3ccc(F)c(F)c3)C2=O)c(NC(=O)c2cccs2)c1. The molecule has 1 saturated heterocycles. The van der Waals surface area contributed by atoms with Crippen LogP contribution in [-0.4, -0.2) is 29.9 Å². The second kappa shape index (κ2) is 8.85. The molecule has 3 amide bonds. The molecule has 31 heavy (non-hydrogen) atoms. The molecule has 4 rings (SSSR count). The van der Waals surface area contributed by atoms with Gasteiger partial charge in [0.1, 0.15) is 0 Å². The number of aryl methyl sites for hydroxylation is 1. The molecular formula is C23H21F2N3O2S. The van der Waals surface area contributed by atoms with Crippen LogP contribution in [0.5, 0.6) is 0 Å². The summed E-state index contributed by atoms with van der Waals surface area (Å²) in [6.45, 7) is 3.10. The quantitative estimate of drug-likeness (QED) is 0.575. The first kappa shape index (κ1) is 21.0. The van der Waals surface area contributed by atoms with Gasteiger partial charge in [-0.15, -0.1) is 11.3 Å². The monoisotopic (exact) mass is 441 g/mol. The van der Waals surface area contributed by atoms with Gasteiger partial charge in [-0.3, -0.25) is 9.69 Å². The Morgan fingerprint density at radius 3 is 2.68 bits per heavy atom. The van der Waals surface area contributed by atoms with Crippen molar-refractivity contribution in [2.24, 2.45) is 0 Å². The molecule has 0 atom stereocenters. The van der Waals surface area contributed by atoms with Crippen molar-refractivity contribution >= 4 is 34.6 Å². The molecule has 1 fully saturated rings. The van der Waals surface area contributed by atoms with Crippen LogP contribution in [0.1, 0.15) is 27.2 Å². The Morgan fingerprint density at radius 1 is 1.10 bits per heavy atom. The third-order valence-corrected chi connectivity index (χ3v) is 5.97. The Kier molecular flexibility index (Phi) is 5.99. The number of benzene rings is 2. The lowest BCUT2D eigenvalue weighted by Crippen LogP contribution is -2.49. The molecule has 3 aromatic rings. The van der Waals surface area contributed by atoms with E-state index in [1.54, 1.807) is 21.9 Å². The lowest BCUT2D eigenvalue weighted by molar-refractivity contribution is 0.103. The van der Waals surface area contributed by atoms with Crippen LogP contribution in [0.4, 0.5) is 25.0 Å². The van der Waals surface area contributed by atoms with Crippen LogP contribution < -0.4 is 10.2 Å². The van der Waals surface area contributed by atoms with Gasteiger partial charge in [0.25, 0.3) is 5.91 Å². The number of rotatable bonds is 5. The first-order chi connectivity index (χ1) is 14.9. The lowest BCUT2D eigenvalue weighted by Gasteiger charge is -2.36. The van der Waals surface area contributed by atoms with Gasteiger partial charge in [0.05, 0.1) is 16.3 Å². The van der Waals surface area contributed by atoms with E-state index in [1.165, 1.54) is 17.4 Å². The van der Waals surface area contributed by atoms with E-state index in [0.717, 1.165) is 17.7 Å². The lowest BCUT2D eigenvalue weighted by atomic mass is 10.1. The van der Waals surface area contributed by atoms with E-state index in [2.05, 4.69) is 5.32 Å². The highest BCUT2D eigenvalue weighted by Crippen LogP contribution is 2.31. The number of carbonyl (C=O) groups is 2. The average molecular weight is 442 g/mol. The smallest absolute Gasteiger partial charge is 0.320 e. The van der Waals surface area contributed by atoms with Crippen molar-refractivity contribution in [1.82, 2.24) is 4.90 Å². The summed E-state index contributed by atoms with van der Waals surface area (Å²) in [4.78, 5) is 29.6. The number of hydrogen-bond donors (Lipinski definition) is 1. The molecule has 0 bridgehead atoms. The minimum Gasteiger partial charge on any atom is -0.320 e. The van der Waals surface area contributed by atoms with Gasteiger partial charge in [-0.25, -0.2) is 13.6 Å². The molecule has 1 aromatic heterocycles. The van der Waals surface area contributed by atoms with Crippen LogP contribution in [0.2, 0.25) is 0 Å². The van der Waals surface area contributed by atoms with Crippen molar-refractivity contribution in [2.45, 2.75) is 19.9 Å². The molecule has 0 saturated carbocycles. The Balaban J connectivity index is 1.57. The largest absolute Gasteiger partial charge is 0.324 e. The van der Waals surface area contributed by atoms with Gasteiger partial charge in [-0.2, -0.15) is 0 Å². The van der Waals surface area contributed by atoms with E-state index in [4.69, 9.17) is 0 Å². The van der Waals surface area contributed by atoms with Crippen LogP contribution in [-0.2, 0) is 6.54 Å². The number of carbonyl (C=O) groups excluding carboxylic acids is 2. The highest BCUT2D eigenvalue weighted by molar-refractivity contribution is 7.12. The van der Waals surface area contributed by atoms with Crippen molar-refractivity contribution in [3.63, 3.8) is 0 Å². The third kappa shape index (κ3) is 4.59. The van der Waals surface area contributed by atoms with E-state index in [9.17, 15) is 18.4 Å². The molecule has 2 aromatic carbocycles. The van der Waals surface area contributed by atoms with Gasteiger partial charge in [0.2, 0.25) is 0 Å². The molecular weight excluding hydrogens is 420 g/mol. The highest BCUT2D eigenvalue weighted by Gasteiger charge is 2.29. The zero-order valence-corrected chi connectivity index (χ0v) is 17.7. The fourth-order valence-corrected chi connectivity index (χ4v) is 4.21. The maximum atomic E-state index is 13.6. The zero-order valence-electron chi connectivity index (χ0n) is 16.9. The second-order valence-electron chi connectivity index (χ2n) is 7.41. The van der Waals surface area contributed by atoms with Gasteiger partial charge >= 0.3 is 6.03 Å². The van der Waals surface area contributed by atoms with E-state index in [0.29, 0.717) is 41.3 Å². The minimum absolute atomic E-state index is 0.176. The van der Waals surface area contributed by atoms with Gasteiger partial charge in [0, 0.05) is 19.6 Å². The maximum Gasteiger partial charge on any atom is 0.324 e. The predicted molar refractivity (Wildman–Crippen MR) is 118 cm³/mol. The topological polar surface area (TPSA) is 52.6 Å². The first-order valence-electron chi connectivity index (χ1n) is 9.88. The number of nitrogens with one attached hydrogen (secondary N) is 1. The number of nitrogens with zero attached hydrogens (tertiary/aromatic N) is 2. The molecule has 0 unspecified atom stereocenters. The summed E-state index contributed by atoms with van der Waals surface area (Å²) >= 11 is 1.34. The molecule has 1 N–H and O–H groups in total. The molecule has 1 aliphatic heterocycles. The molecule has 0 spiro atoms. The van der Waals surface area contributed by atoms with Crippen LogP contribution >= 0.6 is 11.3 Å². The van der Waals surface area contributed by atoms with Crippen LogP contribution in [0.25, 0.3) is 0 Å². The van der Waals surface area contributed by atoms with Crippen molar-refractivity contribution in [2.75, 3.05) is 23.3 Å². The number of urea groups is 1. The summed E-state index contributed by atoms with van der Waals surface area (Å²) in [6.07, 6.45) is 0.710. The van der Waals surface area contributed by atoms with Gasteiger partial charge in [-0.05, 0) is 60.2 Å². The Hall–Kier alpha value is -3.26. The number of thiophene rings is 1. The Labute approximate surface area is 182 Å². The average Bonchev–Trinajstić information content (AvgIpc) is 3.28. The summed E-state index contributed by atoms with van der Waals surface area (Å²) < 4.78 is 26.8. The van der Waals surface area contributed by atoms with Crippen molar-refractivity contribution < 1.29 is 18.4 Å². The summed E-state index contributed by atoms with van der Waals surface area (Å²) in [5, 5.41) is 4.75. The highest BCUT2D eigenvalue weighted by atomic mass is 32.1. The normalized spacial score (nSPS) is 14.1. The third-order valence-electron chi connectivity index (χ3n) is 5.10. The first-order valence-corrected chi connectivity index (χ1v) is 10.8. The van der Waals surface area contributed by atoms with Gasteiger partial charge in [-0.1, -0.05) is 18.2 Å². The molecule has 160 valence electrons. The summed E-state index contributed by atoms with van der Waals surface area (Å²) in [5.74, 6) is -2.08. The van der Waals surface area contributed by atoms with Crippen molar-refractivity contribution in [1.29, 1.82) is 0 Å². The summed E-state index contributed by atoms with van der Waals surface area (Å²) in [5.41, 5.74) is 2.63. The summed E-state index contributed by atoms with van der Waals surface area (Å²) in [6, 6.07) is 12.5. The van der Waals surface area contributed by atoms with E-state index in [-0.39, 0.29) is 18.5 Å².